The minimum absolute atomic E-state index is 0.133. The van der Waals surface area contributed by atoms with Crippen LogP contribution in [0.5, 0.6) is 0 Å². The Kier molecular flexibility index (Phi) is 6.01. The second kappa shape index (κ2) is 8.81. The number of amides is 1. The fraction of sp³-hybridized carbons (Fsp3) is 0.136. The van der Waals surface area contributed by atoms with Gasteiger partial charge in [-0.2, -0.15) is 0 Å². The molecule has 3 rings (SSSR count). The topological polar surface area (TPSA) is 85.6 Å². The number of carbonyl (C=O) groups is 3. The summed E-state index contributed by atoms with van der Waals surface area (Å²) in [6, 6.07) is 18.5. The summed E-state index contributed by atoms with van der Waals surface area (Å²) in [6.45, 7) is 1.70. The molecule has 6 heteroatoms. The molecule has 3 aromatic rings. The molecule has 0 saturated carbocycles. The van der Waals surface area contributed by atoms with Gasteiger partial charge in [-0.3, -0.25) is 9.59 Å². The summed E-state index contributed by atoms with van der Waals surface area (Å²) in [5, 5.41) is 2.63. The van der Waals surface area contributed by atoms with Gasteiger partial charge in [0.25, 0.3) is 5.91 Å². The van der Waals surface area contributed by atoms with E-state index in [1.54, 1.807) is 48.5 Å². The van der Waals surface area contributed by atoms with E-state index in [0.717, 1.165) is 0 Å². The number of hydrogen-bond donors (Lipinski definition) is 1. The van der Waals surface area contributed by atoms with Crippen molar-refractivity contribution in [2.45, 2.75) is 19.6 Å². The van der Waals surface area contributed by atoms with Gasteiger partial charge >= 0.3 is 5.97 Å². The molecule has 6 nitrogen and oxygen atoms in total. The van der Waals surface area contributed by atoms with Crippen LogP contribution in [0.25, 0.3) is 0 Å². The van der Waals surface area contributed by atoms with Gasteiger partial charge < -0.3 is 14.5 Å². The van der Waals surface area contributed by atoms with Crippen molar-refractivity contribution >= 4 is 17.7 Å². The summed E-state index contributed by atoms with van der Waals surface area (Å²) in [4.78, 5) is 36.7. The van der Waals surface area contributed by atoms with Crippen molar-refractivity contribution in [1.29, 1.82) is 0 Å². The summed E-state index contributed by atoms with van der Waals surface area (Å²) in [5.74, 6) is -0.600. The molecule has 28 heavy (non-hydrogen) atoms. The molecule has 1 atom stereocenters. The normalized spacial score (nSPS) is 11.5. The number of benzene rings is 2. The van der Waals surface area contributed by atoms with Crippen molar-refractivity contribution in [3.05, 3.63) is 95.4 Å². The van der Waals surface area contributed by atoms with Gasteiger partial charge in [0.1, 0.15) is 5.76 Å². The molecule has 0 unspecified atom stereocenters. The summed E-state index contributed by atoms with van der Waals surface area (Å²) in [6.07, 6.45) is 0.546. The maximum Gasteiger partial charge on any atom is 0.338 e. The Morgan fingerprint density at radius 3 is 2.18 bits per heavy atom. The Hall–Kier alpha value is -3.67. The molecule has 0 spiro atoms. The first-order chi connectivity index (χ1) is 13.5. The second-order valence-electron chi connectivity index (χ2n) is 6.12. The number of esters is 1. The monoisotopic (exact) mass is 377 g/mol. The third-order valence-electron chi connectivity index (χ3n) is 4.09. The highest BCUT2D eigenvalue weighted by Crippen LogP contribution is 2.12. The number of furan rings is 1. The van der Waals surface area contributed by atoms with E-state index in [1.165, 1.54) is 25.3 Å². The molecule has 2 aromatic carbocycles. The van der Waals surface area contributed by atoms with Gasteiger partial charge in [-0.1, -0.05) is 42.5 Å². The van der Waals surface area contributed by atoms with Gasteiger partial charge in [0.15, 0.2) is 11.9 Å². The smallest absolute Gasteiger partial charge is 0.338 e. The Balaban J connectivity index is 1.56. The molecule has 1 amide bonds. The number of ether oxygens (including phenoxy) is 1. The van der Waals surface area contributed by atoms with Gasteiger partial charge in [0, 0.05) is 11.1 Å². The molecular formula is C22H19NO5. The van der Waals surface area contributed by atoms with Gasteiger partial charge in [-0.25, -0.2) is 4.79 Å². The lowest BCUT2D eigenvalue weighted by atomic mass is 10.0. The number of nitrogens with one attached hydrogen (secondary N) is 1. The van der Waals surface area contributed by atoms with Crippen LogP contribution >= 0.6 is 0 Å². The first-order valence-electron chi connectivity index (χ1n) is 8.75. The average Bonchev–Trinajstić information content (AvgIpc) is 3.25. The van der Waals surface area contributed by atoms with Gasteiger partial charge in [-0.15, -0.1) is 0 Å². The number of ketones is 1. The van der Waals surface area contributed by atoms with Crippen molar-refractivity contribution < 1.29 is 23.5 Å². The maximum atomic E-state index is 12.4. The zero-order valence-corrected chi connectivity index (χ0v) is 15.3. The van der Waals surface area contributed by atoms with Crippen molar-refractivity contribution in [2.75, 3.05) is 0 Å². The Morgan fingerprint density at radius 2 is 1.54 bits per heavy atom. The highest BCUT2D eigenvalue weighted by atomic mass is 16.5. The molecule has 142 valence electrons. The largest absolute Gasteiger partial charge is 0.467 e. The molecule has 0 aliphatic carbocycles. The van der Waals surface area contributed by atoms with Crippen LogP contribution in [0.15, 0.2) is 77.4 Å². The minimum atomic E-state index is -0.965. The molecule has 0 saturated heterocycles. The van der Waals surface area contributed by atoms with Gasteiger partial charge in [-0.05, 0) is 31.2 Å². The Bertz CT molecular complexity index is 946. The molecule has 0 radical (unpaired) electrons. The molecule has 1 N–H and O–H groups in total. The van der Waals surface area contributed by atoms with Crippen LogP contribution in [0.2, 0.25) is 0 Å². The van der Waals surface area contributed by atoms with E-state index in [4.69, 9.17) is 9.15 Å². The zero-order valence-electron chi connectivity index (χ0n) is 15.3. The molecule has 1 heterocycles. The Morgan fingerprint density at radius 1 is 0.893 bits per heavy atom. The summed E-state index contributed by atoms with van der Waals surface area (Å²) in [5.41, 5.74) is 1.29. The average molecular weight is 377 g/mol. The minimum Gasteiger partial charge on any atom is -0.467 e. The molecule has 0 fully saturated rings. The van der Waals surface area contributed by atoms with Crippen LogP contribution in [-0.4, -0.2) is 23.8 Å². The van der Waals surface area contributed by atoms with E-state index in [2.05, 4.69) is 5.32 Å². The van der Waals surface area contributed by atoms with Crippen molar-refractivity contribution in [2.24, 2.45) is 0 Å². The van der Waals surface area contributed by atoms with Crippen LogP contribution in [0, 0.1) is 0 Å². The summed E-state index contributed by atoms with van der Waals surface area (Å²) >= 11 is 0. The first-order valence-corrected chi connectivity index (χ1v) is 8.75. The maximum absolute atomic E-state index is 12.4. The van der Waals surface area contributed by atoms with E-state index >= 15 is 0 Å². The van der Waals surface area contributed by atoms with Crippen LogP contribution in [0.1, 0.15) is 39.0 Å². The van der Waals surface area contributed by atoms with Crippen LogP contribution in [0.3, 0.4) is 0 Å². The third kappa shape index (κ3) is 4.73. The predicted octanol–water partition coefficient (Wildman–Crippen LogP) is 3.37. The van der Waals surface area contributed by atoms with E-state index in [1.807, 2.05) is 6.07 Å². The third-order valence-corrected chi connectivity index (χ3v) is 4.09. The number of rotatable bonds is 7. The lowest BCUT2D eigenvalue weighted by Crippen LogP contribution is -2.35. The summed E-state index contributed by atoms with van der Waals surface area (Å²) < 4.78 is 10.3. The molecule has 0 aliphatic heterocycles. The fourth-order valence-electron chi connectivity index (χ4n) is 2.53. The van der Waals surface area contributed by atoms with Crippen LogP contribution < -0.4 is 5.32 Å². The quantitative estimate of drug-likeness (QED) is 0.504. The molecule has 1 aromatic heterocycles. The fourth-order valence-corrected chi connectivity index (χ4v) is 2.53. The van der Waals surface area contributed by atoms with Crippen molar-refractivity contribution in [3.63, 3.8) is 0 Å². The van der Waals surface area contributed by atoms with Crippen molar-refractivity contribution in [3.8, 4) is 0 Å². The Labute approximate surface area is 162 Å². The van der Waals surface area contributed by atoms with E-state index in [9.17, 15) is 14.4 Å². The highest BCUT2D eigenvalue weighted by molar-refractivity contribution is 6.09. The molecular weight excluding hydrogens is 358 g/mol. The SMILES string of the molecule is C[C@H](OC(=O)c1ccc(C(=O)c2ccccc2)cc1)C(=O)NCc1ccco1. The molecule has 0 aliphatic rings. The zero-order chi connectivity index (χ0) is 19.9. The predicted molar refractivity (Wildman–Crippen MR) is 102 cm³/mol. The van der Waals surface area contributed by atoms with Crippen LogP contribution in [0.4, 0.5) is 0 Å². The standard InChI is InChI=1S/C22H19NO5/c1-15(21(25)23-14-19-8-5-13-27-19)28-22(26)18-11-9-17(10-12-18)20(24)16-6-3-2-4-7-16/h2-13,15H,14H2,1H3,(H,23,25)/t15-/m0/s1. The number of hydrogen-bond acceptors (Lipinski definition) is 5. The van der Waals surface area contributed by atoms with Gasteiger partial charge in [0.2, 0.25) is 0 Å². The second-order valence-corrected chi connectivity index (χ2v) is 6.12. The van der Waals surface area contributed by atoms with E-state index in [0.29, 0.717) is 16.9 Å². The summed E-state index contributed by atoms with van der Waals surface area (Å²) in [7, 11) is 0. The van der Waals surface area contributed by atoms with E-state index in [-0.39, 0.29) is 17.9 Å². The number of carbonyl (C=O) groups excluding carboxylic acids is 3. The highest BCUT2D eigenvalue weighted by Gasteiger charge is 2.19. The lowest BCUT2D eigenvalue weighted by molar-refractivity contribution is -0.129. The van der Waals surface area contributed by atoms with Crippen LogP contribution in [-0.2, 0) is 16.1 Å². The molecule has 0 bridgehead atoms. The van der Waals surface area contributed by atoms with E-state index < -0.39 is 18.0 Å². The first kappa shape index (κ1) is 19.1. The van der Waals surface area contributed by atoms with Crippen molar-refractivity contribution in [1.82, 2.24) is 5.32 Å². The lowest BCUT2D eigenvalue weighted by Gasteiger charge is -2.13. The van der Waals surface area contributed by atoms with Gasteiger partial charge in [0.05, 0.1) is 18.4 Å².